The van der Waals surface area contributed by atoms with Gasteiger partial charge in [0.15, 0.2) is 5.03 Å². The minimum Gasteiger partial charge on any atom is -0.464 e. The number of hydrogen-bond acceptors (Lipinski definition) is 7. The number of nitrogens with one attached hydrogen (secondary N) is 2. The molecule has 0 unspecified atom stereocenters. The van der Waals surface area contributed by atoms with Gasteiger partial charge in [0, 0.05) is 13.1 Å². The van der Waals surface area contributed by atoms with Gasteiger partial charge in [-0.15, -0.1) is 0 Å². The number of rotatable bonds is 9. The van der Waals surface area contributed by atoms with Gasteiger partial charge in [0.2, 0.25) is 5.91 Å². The zero-order chi connectivity index (χ0) is 25.2. The normalized spacial score (nSPS) is 19.9. The highest BCUT2D eigenvalue weighted by Crippen LogP contribution is 2.25. The summed E-state index contributed by atoms with van der Waals surface area (Å²) in [6.45, 7) is 9.55. The Labute approximate surface area is 193 Å². The molecule has 1 aliphatic rings. The molecule has 13 heteroatoms. The third-order valence-electron chi connectivity index (χ3n) is 4.86. The number of piperidine rings is 1. The van der Waals surface area contributed by atoms with E-state index in [1.165, 1.54) is 4.90 Å². The van der Waals surface area contributed by atoms with Gasteiger partial charge in [0.05, 0.1) is 6.61 Å². The van der Waals surface area contributed by atoms with E-state index in [1.807, 2.05) is 6.92 Å². The molecule has 0 spiro atoms. The van der Waals surface area contributed by atoms with Gasteiger partial charge in [-0.25, -0.2) is 19.7 Å². The molecule has 0 aromatic heterocycles. The molecular weight excluding hydrogens is 436 g/mol. The highest BCUT2D eigenvalue weighted by molar-refractivity contribution is 5.90. The molecule has 0 aromatic carbocycles. The first-order chi connectivity index (χ1) is 15.3. The number of hydrogen-bond donors (Lipinski definition) is 3. The zero-order valence-corrected chi connectivity index (χ0v) is 20.0. The number of carbonyl (C=O) groups excluding carboxylic acids is 3. The van der Waals surface area contributed by atoms with Crippen molar-refractivity contribution >= 4 is 23.9 Å². The van der Waals surface area contributed by atoms with E-state index in [0.717, 1.165) is 6.42 Å². The van der Waals surface area contributed by atoms with Gasteiger partial charge in [0.1, 0.15) is 22.8 Å². The molecule has 188 valence electrons. The minimum absolute atomic E-state index is 0.179. The molecule has 33 heavy (non-hydrogen) atoms. The molecule has 1 fully saturated rings. The van der Waals surface area contributed by atoms with Crippen LogP contribution in [0.5, 0.6) is 0 Å². The van der Waals surface area contributed by atoms with Crippen molar-refractivity contribution in [2.75, 3.05) is 19.7 Å². The fraction of sp³-hybridized carbons (Fsp3) is 0.800. The van der Waals surface area contributed by atoms with E-state index in [0.29, 0.717) is 19.4 Å². The molecule has 0 radical (unpaired) electrons. The Bertz CT molecular complexity index is 737. The molecule has 0 bridgehead atoms. The van der Waals surface area contributed by atoms with Crippen molar-refractivity contribution < 1.29 is 28.9 Å². The minimum atomic E-state index is -0.972. The van der Waals surface area contributed by atoms with E-state index in [9.17, 15) is 24.5 Å². The molecule has 4 N–H and O–H groups in total. The summed E-state index contributed by atoms with van der Waals surface area (Å²) in [5, 5.41) is 17.5. The fourth-order valence-corrected chi connectivity index (χ4v) is 3.42. The predicted octanol–water partition coefficient (Wildman–Crippen LogP) is 0.946. The summed E-state index contributed by atoms with van der Waals surface area (Å²) in [6, 6.07) is -1.70. The second-order valence-corrected chi connectivity index (χ2v) is 8.92. The van der Waals surface area contributed by atoms with Crippen molar-refractivity contribution in [1.29, 1.82) is 0 Å². The third-order valence-corrected chi connectivity index (χ3v) is 4.86. The van der Waals surface area contributed by atoms with E-state index in [-0.39, 0.29) is 31.4 Å². The Morgan fingerprint density at radius 2 is 2.00 bits per heavy atom. The third kappa shape index (κ3) is 10.4. The average molecular weight is 473 g/mol. The maximum atomic E-state index is 13.4. The number of esters is 1. The standard InChI is InChI=1S/C20H36N6O7/c1-6-32-17(28)15-12-13(2)9-11-25(15)16(27)14(23-19(29)33-20(3,4)5)8-7-10-22-18(21)24-26(30)31/h13-15H,6-12H2,1-5H3,(H,23,29)(H3,21,22,24)/t13-,14-,15-/m0/s1. The van der Waals surface area contributed by atoms with Crippen molar-refractivity contribution in [3.63, 3.8) is 0 Å². The number of ether oxygens (including phenoxy) is 2. The van der Waals surface area contributed by atoms with Crippen molar-refractivity contribution in [3.05, 3.63) is 10.1 Å². The Kier molecular flexibility index (Phi) is 10.8. The van der Waals surface area contributed by atoms with Crippen LogP contribution in [0.25, 0.3) is 0 Å². The Morgan fingerprint density at radius 1 is 1.33 bits per heavy atom. The molecule has 1 aliphatic heterocycles. The quantitative estimate of drug-likeness (QED) is 0.110. The van der Waals surface area contributed by atoms with Crippen LogP contribution < -0.4 is 16.4 Å². The van der Waals surface area contributed by atoms with Gasteiger partial charge in [0.25, 0.3) is 5.96 Å². The fourth-order valence-electron chi connectivity index (χ4n) is 3.42. The number of guanidine groups is 1. The summed E-state index contributed by atoms with van der Waals surface area (Å²) in [5.74, 6) is -1.01. The first-order valence-electron chi connectivity index (χ1n) is 11.0. The summed E-state index contributed by atoms with van der Waals surface area (Å²) in [6.07, 6.45) is 0.934. The van der Waals surface area contributed by atoms with Crippen LogP contribution in [0.3, 0.4) is 0 Å². The average Bonchev–Trinajstić information content (AvgIpc) is 2.68. The lowest BCUT2D eigenvalue weighted by Gasteiger charge is -2.38. The van der Waals surface area contributed by atoms with Crippen LogP contribution in [-0.4, -0.2) is 71.2 Å². The number of alkyl carbamates (subject to hydrolysis) is 1. The van der Waals surface area contributed by atoms with Crippen LogP contribution in [0.15, 0.2) is 5.10 Å². The summed E-state index contributed by atoms with van der Waals surface area (Å²) >= 11 is 0. The van der Waals surface area contributed by atoms with E-state index in [1.54, 1.807) is 27.7 Å². The van der Waals surface area contributed by atoms with Crippen LogP contribution in [0.4, 0.5) is 4.79 Å². The number of nitro groups is 1. The van der Waals surface area contributed by atoms with Crippen LogP contribution >= 0.6 is 0 Å². The van der Waals surface area contributed by atoms with E-state index < -0.39 is 40.7 Å². The largest absolute Gasteiger partial charge is 0.464 e. The van der Waals surface area contributed by atoms with Crippen LogP contribution in [-0.2, 0) is 19.1 Å². The molecule has 0 aliphatic carbocycles. The lowest BCUT2D eigenvalue weighted by molar-refractivity contribution is -0.485. The maximum absolute atomic E-state index is 13.4. The highest BCUT2D eigenvalue weighted by Gasteiger charge is 2.39. The van der Waals surface area contributed by atoms with E-state index in [2.05, 4.69) is 15.7 Å². The predicted molar refractivity (Wildman–Crippen MR) is 120 cm³/mol. The molecule has 1 saturated heterocycles. The van der Waals surface area contributed by atoms with Crippen molar-refractivity contribution in [1.82, 2.24) is 15.5 Å². The summed E-state index contributed by atoms with van der Waals surface area (Å²) < 4.78 is 10.4. The molecule has 1 heterocycles. The first-order valence-corrected chi connectivity index (χ1v) is 11.0. The highest BCUT2D eigenvalue weighted by atomic mass is 16.7. The maximum Gasteiger partial charge on any atom is 0.408 e. The van der Waals surface area contributed by atoms with Gasteiger partial charge in [-0.05, 0) is 59.3 Å². The van der Waals surface area contributed by atoms with Crippen molar-refractivity contribution in [2.45, 2.75) is 78.0 Å². The Morgan fingerprint density at radius 3 is 2.58 bits per heavy atom. The smallest absolute Gasteiger partial charge is 0.408 e. The SMILES string of the molecule is CCOC(=O)[C@@H]1C[C@@H](C)CCN1C(=O)[C@H](CCCN/C(N)=N\[N+](=O)[O-])NC(=O)OC(C)(C)C. The summed E-state index contributed by atoms with van der Waals surface area (Å²) in [5.41, 5.74) is 4.63. The second-order valence-electron chi connectivity index (χ2n) is 8.92. The van der Waals surface area contributed by atoms with E-state index in [4.69, 9.17) is 15.2 Å². The Balaban J connectivity index is 2.94. The molecule has 3 atom stereocenters. The number of amides is 2. The monoisotopic (exact) mass is 472 g/mol. The van der Waals surface area contributed by atoms with Crippen LogP contribution in [0.1, 0.15) is 60.3 Å². The van der Waals surface area contributed by atoms with Crippen molar-refractivity contribution in [2.24, 2.45) is 16.8 Å². The van der Waals surface area contributed by atoms with Gasteiger partial charge >= 0.3 is 12.1 Å². The Hall–Kier alpha value is -3.12. The van der Waals surface area contributed by atoms with Crippen molar-refractivity contribution in [3.8, 4) is 0 Å². The number of hydrazone groups is 1. The number of nitrogens with two attached hydrogens (primary N) is 1. The lowest BCUT2D eigenvalue weighted by Crippen LogP contribution is -2.57. The number of likely N-dealkylation sites (tertiary alicyclic amines) is 1. The second kappa shape index (κ2) is 12.8. The van der Waals surface area contributed by atoms with Crippen LogP contribution in [0, 0.1) is 16.0 Å². The lowest BCUT2D eigenvalue weighted by atomic mass is 9.91. The summed E-state index contributed by atoms with van der Waals surface area (Å²) in [4.78, 5) is 50.1. The molecule has 0 saturated carbocycles. The van der Waals surface area contributed by atoms with Crippen LogP contribution in [0.2, 0.25) is 0 Å². The van der Waals surface area contributed by atoms with Gasteiger partial charge in [-0.3, -0.25) is 4.79 Å². The molecule has 2 amide bonds. The van der Waals surface area contributed by atoms with E-state index >= 15 is 0 Å². The van der Waals surface area contributed by atoms with Gasteiger partial charge in [-0.1, -0.05) is 6.92 Å². The number of carbonyl (C=O) groups is 3. The topological polar surface area (TPSA) is 178 Å². The summed E-state index contributed by atoms with van der Waals surface area (Å²) in [7, 11) is 0. The molecule has 1 rings (SSSR count). The number of nitrogens with zero attached hydrogens (tertiary/aromatic N) is 3. The molecule has 13 nitrogen and oxygen atoms in total. The molecular formula is C20H36N6O7. The van der Waals surface area contributed by atoms with Gasteiger partial charge in [-0.2, -0.15) is 0 Å². The molecule has 0 aromatic rings. The zero-order valence-electron chi connectivity index (χ0n) is 20.0. The van der Waals surface area contributed by atoms with Gasteiger partial charge < -0.3 is 30.7 Å². The first kappa shape index (κ1) is 27.9.